The average molecular weight is 339 g/mol. The minimum Gasteiger partial charge on any atom is -0.389 e. The molecule has 0 amide bonds. The number of halogens is 2. The summed E-state index contributed by atoms with van der Waals surface area (Å²) in [5, 5.41) is 3.22. The van der Waals surface area contributed by atoms with Crippen molar-refractivity contribution in [3.8, 4) is 0 Å². The van der Waals surface area contributed by atoms with E-state index in [9.17, 15) is 4.39 Å². The topological polar surface area (TPSA) is 38.0 Å². The number of anilines is 2. The Hall–Kier alpha value is -1.46. The van der Waals surface area contributed by atoms with Crippen LogP contribution in [0.5, 0.6) is 0 Å². The average Bonchev–Trinajstić information content (AvgIpc) is 2.34. The number of rotatable bonds is 3. The first-order valence-corrected chi connectivity index (χ1v) is 6.80. The zero-order valence-corrected chi connectivity index (χ0v) is 12.6. The molecule has 2 nitrogen and oxygen atoms in total. The standard InChI is InChI=1S/C14H12BrFN2S/c1-8-6-9(15)2-4-12(8)18-13-5-3-10(16)7-11(13)14(17)19/h2-7,18H,1H3,(H2,17,19). The van der Waals surface area contributed by atoms with Crippen LogP contribution in [0.15, 0.2) is 40.9 Å². The highest BCUT2D eigenvalue weighted by atomic mass is 79.9. The highest BCUT2D eigenvalue weighted by molar-refractivity contribution is 9.10. The van der Waals surface area contributed by atoms with E-state index in [0.717, 1.165) is 15.7 Å². The molecule has 0 spiro atoms. The molecule has 0 aliphatic heterocycles. The van der Waals surface area contributed by atoms with Crippen molar-refractivity contribution >= 4 is 44.5 Å². The van der Waals surface area contributed by atoms with Crippen LogP contribution in [0.1, 0.15) is 11.1 Å². The lowest BCUT2D eigenvalue weighted by molar-refractivity contribution is 0.628. The molecule has 2 aromatic rings. The van der Waals surface area contributed by atoms with Crippen LogP contribution < -0.4 is 11.1 Å². The molecule has 0 saturated heterocycles. The predicted octanol–water partition coefficient (Wildman–Crippen LogP) is 4.27. The minimum atomic E-state index is -0.360. The van der Waals surface area contributed by atoms with Gasteiger partial charge in [-0.1, -0.05) is 28.1 Å². The number of nitrogens with two attached hydrogens (primary N) is 1. The first-order chi connectivity index (χ1) is 8.97. The van der Waals surface area contributed by atoms with Gasteiger partial charge in [0.2, 0.25) is 0 Å². The Bertz CT molecular complexity index is 643. The molecule has 0 fully saturated rings. The molecule has 0 aromatic heterocycles. The Morgan fingerprint density at radius 2 is 1.89 bits per heavy atom. The molecule has 98 valence electrons. The van der Waals surface area contributed by atoms with Gasteiger partial charge in [0, 0.05) is 21.4 Å². The SMILES string of the molecule is Cc1cc(Br)ccc1Nc1ccc(F)cc1C(N)=S. The first kappa shape index (κ1) is 14.0. The smallest absolute Gasteiger partial charge is 0.124 e. The second-order valence-electron chi connectivity index (χ2n) is 4.14. The highest BCUT2D eigenvalue weighted by Crippen LogP contribution is 2.26. The zero-order valence-electron chi connectivity index (χ0n) is 10.2. The van der Waals surface area contributed by atoms with E-state index in [1.165, 1.54) is 12.1 Å². The Labute approximate surface area is 124 Å². The normalized spacial score (nSPS) is 10.3. The summed E-state index contributed by atoms with van der Waals surface area (Å²) in [5.41, 5.74) is 8.79. The second-order valence-corrected chi connectivity index (χ2v) is 5.49. The van der Waals surface area contributed by atoms with Crippen molar-refractivity contribution < 1.29 is 4.39 Å². The van der Waals surface area contributed by atoms with E-state index in [0.29, 0.717) is 11.3 Å². The van der Waals surface area contributed by atoms with Crippen LogP contribution in [-0.4, -0.2) is 4.99 Å². The fourth-order valence-corrected chi connectivity index (χ4v) is 2.39. The molecule has 0 unspecified atom stereocenters. The molecule has 3 N–H and O–H groups in total. The van der Waals surface area contributed by atoms with Crippen LogP contribution in [0, 0.1) is 12.7 Å². The molecular weight excluding hydrogens is 327 g/mol. The molecule has 0 radical (unpaired) electrons. The number of nitrogens with one attached hydrogen (secondary N) is 1. The van der Waals surface area contributed by atoms with E-state index in [1.54, 1.807) is 6.07 Å². The fraction of sp³-hybridized carbons (Fsp3) is 0.0714. The molecule has 0 saturated carbocycles. The summed E-state index contributed by atoms with van der Waals surface area (Å²) in [6.07, 6.45) is 0. The van der Waals surface area contributed by atoms with Crippen LogP contribution in [-0.2, 0) is 0 Å². The highest BCUT2D eigenvalue weighted by Gasteiger charge is 2.08. The second kappa shape index (κ2) is 5.67. The van der Waals surface area contributed by atoms with Crippen molar-refractivity contribution in [3.63, 3.8) is 0 Å². The van der Waals surface area contributed by atoms with E-state index in [2.05, 4.69) is 21.2 Å². The maximum Gasteiger partial charge on any atom is 0.124 e. The summed E-state index contributed by atoms with van der Waals surface area (Å²) < 4.78 is 14.2. The molecular formula is C14H12BrFN2S. The first-order valence-electron chi connectivity index (χ1n) is 5.60. The van der Waals surface area contributed by atoms with Gasteiger partial charge in [0.1, 0.15) is 10.8 Å². The lowest BCUT2D eigenvalue weighted by atomic mass is 10.1. The van der Waals surface area contributed by atoms with Crippen LogP contribution >= 0.6 is 28.1 Å². The van der Waals surface area contributed by atoms with Crippen LogP contribution in [0.2, 0.25) is 0 Å². The third kappa shape index (κ3) is 3.30. The molecule has 5 heteroatoms. The van der Waals surface area contributed by atoms with Crippen LogP contribution in [0.3, 0.4) is 0 Å². The molecule has 2 rings (SSSR count). The Kier molecular flexibility index (Phi) is 4.17. The Balaban J connectivity index is 2.40. The predicted molar refractivity (Wildman–Crippen MR) is 84.4 cm³/mol. The number of aryl methyl sites for hydroxylation is 1. The largest absolute Gasteiger partial charge is 0.389 e. The van der Waals surface area contributed by atoms with Crippen LogP contribution in [0.25, 0.3) is 0 Å². The molecule has 0 bridgehead atoms. The zero-order chi connectivity index (χ0) is 14.0. The number of thiocarbonyl (C=S) groups is 1. The van der Waals surface area contributed by atoms with Gasteiger partial charge in [-0.15, -0.1) is 0 Å². The maximum absolute atomic E-state index is 13.2. The van der Waals surface area contributed by atoms with E-state index >= 15 is 0 Å². The van der Waals surface area contributed by atoms with Gasteiger partial charge in [0.25, 0.3) is 0 Å². The molecule has 2 aromatic carbocycles. The van der Waals surface area contributed by atoms with E-state index in [4.69, 9.17) is 18.0 Å². The Morgan fingerprint density at radius 1 is 1.21 bits per heavy atom. The summed E-state index contributed by atoms with van der Waals surface area (Å²) in [4.78, 5) is 0.164. The van der Waals surface area contributed by atoms with Gasteiger partial charge >= 0.3 is 0 Å². The van der Waals surface area contributed by atoms with Gasteiger partial charge in [-0.05, 0) is 48.9 Å². The molecule has 0 heterocycles. The summed E-state index contributed by atoms with van der Waals surface area (Å²) in [6, 6.07) is 10.2. The van der Waals surface area contributed by atoms with Gasteiger partial charge in [0.15, 0.2) is 0 Å². The minimum absolute atomic E-state index is 0.164. The van der Waals surface area contributed by atoms with Crippen molar-refractivity contribution in [2.24, 2.45) is 5.73 Å². The summed E-state index contributed by atoms with van der Waals surface area (Å²) in [5.74, 6) is -0.360. The number of benzene rings is 2. The lowest BCUT2D eigenvalue weighted by Crippen LogP contribution is -2.12. The lowest BCUT2D eigenvalue weighted by Gasteiger charge is -2.13. The molecule has 0 aliphatic rings. The summed E-state index contributed by atoms with van der Waals surface area (Å²) in [7, 11) is 0. The Morgan fingerprint density at radius 3 is 2.53 bits per heavy atom. The third-order valence-corrected chi connectivity index (χ3v) is 3.42. The van der Waals surface area contributed by atoms with Crippen molar-refractivity contribution in [2.45, 2.75) is 6.92 Å². The van der Waals surface area contributed by atoms with Gasteiger partial charge in [0.05, 0.1) is 0 Å². The molecule has 0 atom stereocenters. The van der Waals surface area contributed by atoms with E-state index < -0.39 is 0 Å². The van der Waals surface area contributed by atoms with Crippen LogP contribution in [0.4, 0.5) is 15.8 Å². The number of hydrogen-bond donors (Lipinski definition) is 2. The number of hydrogen-bond acceptors (Lipinski definition) is 2. The maximum atomic E-state index is 13.2. The fourth-order valence-electron chi connectivity index (χ4n) is 1.74. The van der Waals surface area contributed by atoms with Gasteiger partial charge in [-0.25, -0.2) is 4.39 Å². The van der Waals surface area contributed by atoms with Gasteiger partial charge in [-0.3, -0.25) is 0 Å². The van der Waals surface area contributed by atoms with Gasteiger partial charge < -0.3 is 11.1 Å². The van der Waals surface area contributed by atoms with Crippen molar-refractivity contribution in [1.82, 2.24) is 0 Å². The van der Waals surface area contributed by atoms with Gasteiger partial charge in [-0.2, -0.15) is 0 Å². The summed E-state index contributed by atoms with van der Waals surface area (Å²) in [6.45, 7) is 1.98. The van der Waals surface area contributed by atoms with Crippen molar-refractivity contribution in [3.05, 3.63) is 57.8 Å². The van der Waals surface area contributed by atoms with Crippen molar-refractivity contribution in [2.75, 3.05) is 5.32 Å². The quantitative estimate of drug-likeness (QED) is 0.820. The monoisotopic (exact) mass is 338 g/mol. The molecule has 0 aliphatic carbocycles. The van der Waals surface area contributed by atoms with Crippen molar-refractivity contribution in [1.29, 1.82) is 0 Å². The molecule has 19 heavy (non-hydrogen) atoms. The van der Waals surface area contributed by atoms with E-state index in [1.807, 2.05) is 25.1 Å². The third-order valence-electron chi connectivity index (χ3n) is 2.70. The summed E-state index contributed by atoms with van der Waals surface area (Å²) >= 11 is 8.35. The van der Waals surface area contributed by atoms with E-state index in [-0.39, 0.29) is 10.8 Å².